The van der Waals surface area contributed by atoms with Crippen molar-refractivity contribution in [1.82, 2.24) is 4.98 Å². The Hall–Kier alpha value is -1.90. The van der Waals surface area contributed by atoms with Gasteiger partial charge in [0, 0.05) is 17.1 Å². The fraction of sp³-hybridized carbons (Fsp3) is 0.0909. The van der Waals surface area contributed by atoms with Crippen molar-refractivity contribution < 1.29 is 9.53 Å². The summed E-state index contributed by atoms with van der Waals surface area (Å²) in [5.74, 6) is -0.231. The van der Waals surface area contributed by atoms with Crippen molar-refractivity contribution in [2.24, 2.45) is 0 Å². The van der Waals surface area contributed by atoms with E-state index in [0.717, 1.165) is 16.5 Å². The monoisotopic (exact) mass is 185 g/mol. The molecule has 2 heterocycles. The van der Waals surface area contributed by atoms with Gasteiger partial charge < -0.3 is 4.74 Å². The number of fused-ring (bicyclic) bond motifs is 2. The fourth-order valence-corrected chi connectivity index (χ4v) is 1.69. The zero-order valence-electron chi connectivity index (χ0n) is 7.36. The molecule has 2 aromatic rings. The minimum Gasteiger partial charge on any atom is -0.457 e. The van der Waals surface area contributed by atoms with Gasteiger partial charge in [0.05, 0.1) is 11.1 Å². The van der Waals surface area contributed by atoms with Crippen LogP contribution in [0, 0.1) is 0 Å². The Morgan fingerprint density at radius 2 is 2.29 bits per heavy atom. The largest absolute Gasteiger partial charge is 0.457 e. The maximum atomic E-state index is 11.3. The van der Waals surface area contributed by atoms with Crippen LogP contribution in [0.5, 0.6) is 0 Å². The lowest BCUT2D eigenvalue weighted by Crippen LogP contribution is -1.93. The van der Waals surface area contributed by atoms with Crippen molar-refractivity contribution in [3.05, 3.63) is 41.6 Å². The van der Waals surface area contributed by atoms with E-state index in [4.69, 9.17) is 4.74 Å². The molecule has 3 nitrogen and oxygen atoms in total. The summed E-state index contributed by atoms with van der Waals surface area (Å²) < 4.78 is 4.93. The number of hydrogen-bond acceptors (Lipinski definition) is 3. The van der Waals surface area contributed by atoms with Gasteiger partial charge in [-0.05, 0) is 18.2 Å². The lowest BCUT2D eigenvalue weighted by Gasteiger charge is -1.98. The van der Waals surface area contributed by atoms with E-state index in [9.17, 15) is 4.79 Å². The molecular weight excluding hydrogens is 178 g/mol. The summed E-state index contributed by atoms with van der Waals surface area (Å²) in [7, 11) is 0. The number of nitrogens with zero attached hydrogens (tertiary/aromatic N) is 1. The third-order valence-electron chi connectivity index (χ3n) is 2.41. The number of pyridine rings is 1. The highest BCUT2D eigenvalue weighted by Gasteiger charge is 2.21. The lowest BCUT2D eigenvalue weighted by molar-refractivity contribution is 0.0535. The number of ether oxygens (including phenoxy) is 1. The predicted octanol–water partition coefficient (Wildman–Crippen LogP) is 1.91. The van der Waals surface area contributed by atoms with Crippen molar-refractivity contribution in [3.63, 3.8) is 0 Å². The van der Waals surface area contributed by atoms with Gasteiger partial charge in [-0.15, -0.1) is 0 Å². The summed E-state index contributed by atoms with van der Waals surface area (Å²) in [6.45, 7) is 0.376. The van der Waals surface area contributed by atoms with Crippen LogP contribution in [0.1, 0.15) is 15.9 Å². The smallest absolute Gasteiger partial charge is 0.338 e. The standard InChI is InChI=1S/C11H7NO2/c13-11-9-4-7-2-1-3-12-10(7)5-8(9)6-14-11/h1-5H,6H2. The van der Waals surface area contributed by atoms with Crippen LogP contribution in [0.25, 0.3) is 10.9 Å². The van der Waals surface area contributed by atoms with Crippen molar-refractivity contribution >= 4 is 16.9 Å². The Balaban J connectivity index is 2.38. The van der Waals surface area contributed by atoms with Gasteiger partial charge >= 0.3 is 5.97 Å². The quantitative estimate of drug-likeness (QED) is 0.588. The summed E-state index contributed by atoms with van der Waals surface area (Å²) in [5.41, 5.74) is 2.51. The lowest BCUT2D eigenvalue weighted by atomic mass is 10.1. The average Bonchev–Trinajstić information content (AvgIpc) is 2.57. The number of benzene rings is 1. The number of carbonyl (C=O) groups is 1. The highest BCUT2D eigenvalue weighted by Crippen LogP contribution is 2.24. The van der Waals surface area contributed by atoms with Gasteiger partial charge in [0.2, 0.25) is 0 Å². The highest BCUT2D eigenvalue weighted by molar-refractivity contribution is 5.98. The molecule has 0 saturated heterocycles. The van der Waals surface area contributed by atoms with Crippen LogP contribution >= 0.6 is 0 Å². The van der Waals surface area contributed by atoms with E-state index in [-0.39, 0.29) is 5.97 Å². The van der Waals surface area contributed by atoms with E-state index < -0.39 is 0 Å². The second-order valence-corrected chi connectivity index (χ2v) is 3.28. The fourth-order valence-electron chi connectivity index (χ4n) is 1.69. The average molecular weight is 185 g/mol. The molecule has 14 heavy (non-hydrogen) atoms. The second-order valence-electron chi connectivity index (χ2n) is 3.28. The number of esters is 1. The number of aromatic nitrogens is 1. The van der Waals surface area contributed by atoms with Crippen LogP contribution in [-0.4, -0.2) is 11.0 Å². The molecule has 1 aromatic carbocycles. The third-order valence-corrected chi connectivity index (χ3v) is 2.41. The van der Waals surface area contributed by atoms with Crippen LogP contribution < -0.4 is 0 Å². The summed E-state index contributed by atoms with van der Waals surface area (Å²) in [5, 5.41) is 0.977. The number of rotatable bonds is 0. The van der Waals surface area contributed by atoms with Crippen molar-refractivity contribution in [2.75, 3.05) is 0 Å². The first-order chi connectivity index (χ1) is 6.84. The van der Waals surface area contributed by atoms with Crippen molar-refractivity contribution in [1.29, 1.82) is 0 Å². The Morgan fingerprint density at radius 3 is 3.21 bits per heavy atom. The maximum absolute atomic E-state index is 11.3. The van der Waals surface area contributed by atoms with Crippen LogP contribution in [0.2, 0.25) is 0 Å². The molecule has 0 N–H and O–H groups in total. The van der Waals surface area contributed by atoms with Crippen molar-refractivity contribution in [2.45, 2.75) is 6.61 Å². The molecule has 0 bridgehead atoms. The van der Waals surface area contributed by atoms with Crippen LogP contribution in [0.15, 0.2) is 30.5 Å². The normalized spacial score (nSPS) is 14.1. The molecule has 0 saturated carbocycles. The second kappa shape index (κ2) is 2.54. The third kappa shape index (κ3) is 0.923. The van der Waals surface area contributed by atoms with Crippen LogP contribution in [0.3, 0.4) is 0 Å². The molecule has 0 atom stereocenters. The Morgan fingerprint density at radius 1 is 1.36 bits per heavy atom. The SMILES string of the molecule is O=C1OCc2cc3ncccc3cc21. The zero-order valence-corrected chi connectivity index (χ0v) is 7.36. The molecule has 0 fully saturated rings. The first-order valence-corrected chi connectivity index (χ1v) is 4.39. The minimum atomic E-state index is -0.231. The van der Waals surface area contributed by atoms with Gasteiger partial charge in [0.1, 0.15) is 6.61 Å². The Labute approximate surface area is 80.3 Å². The number of carbonyl (C=O) groups excluding carboxylic acids is 1. The molecule has 1 aliphatic rings. The molecular formula is C11H7NO2. The minimum absolute atomic E-state index is 0.231. The van der Waals surface area contributed by atoms with Gasteiger partial charge in [0.25, 0.3) is 0 Å². The molecule has 3 heteroatoms. The summed E-state index contributed by atoms with van der Waals surface area (Å²) in [4.78, 5) is 15.5. The van der Waals surface area contributed by atoms with Gasteiger partial charge in [-0.3, -0.25) is 4.98 Å². The predicted molar refractivity (Wildman–Crippen MR) is 50.9 cm³/mol. The van der Waals surface area contributed by atoms with Crippen molar-refractivity contribution in [3.8, 4) is 0 Å². The molecule has 3 rings (SSSR count). The Bertz CT molecular complexity index is 534. The maximum Gasteiger partial charge on any atom is 0.338 e. The molecule has 1 aromatic heterocycles. The van der Waals surface area contributed by atoms with E-state index in [1.54, 1.807) is 6.20 Å². The number of hydrogen-bond donors (Lipinski definition) is 0. The van der Waals surface area contributed by atoms with E-state index in [1.165, 1.54) is 0 Å². The first kappa shape index (κ1) is 7.50. The van der Waals surface area contributed by atoms with E-state index in [1.807, 2.05) is 24.3 Å². The van der Waals surface area contributed by atoms with Gasteiger partial charge in [-0.1, -0.05) is 6.07 Å². The molecule has 68 valence electrons. The van der Waals surface area contributed by atoms with Gasteiger partial charge in [-0.2, -0.15) is 0 Å². The van der Waals surface area contributed by atoms with Gasteiger partial charge in [-0.25, -0.2) is 4.79 Å². The molecule has 0 amide bonds. The summed E-state index contributed by atoms with van der Waals surface area (Å²) >= 11 is 0. The molecule has 0 radical (unpaired) electrons. The molecule has 0 spiro atoms. The van der Waals surface area contributed by atoms with Gasteiger partial charge in [0.15, 0.2) is 0 Å². The van der Waals surface area contributed by atoms with E-state index >= 15 is 0 Å². The Kier molecular flexibility index (Phi) is 1.36. The first-order valence-electron chi connectivity index (χ1n) is 4.39. The molecule has 1 aliphatic heterocycles. The number of cyclic esters (lactones) is 1. The molecule has 0 aliphatic carbocycles. The topological polar surface area (TPSA) is 39.2 Å². The molecule has 0 unspecified atom stereocenters. The highest BCUT2D eigenvalue weighted by atomic mass is 16.5. The van der Waals surface area contributed by atoms with E-state index in [2.05, 4.69) is 4.98 Å². The zero-order chi connectivity index (χ0) is 9.54. The van der Waals surface area contributed by atoms with E-state index in [0.29, 0.717) is 12.2 Å². The summed E-state index contributed by atoms with van der Waals surface area (Å²) in [6.07, 6.45) is 1.74. The summed E-state index contributed by atoms with van der Waals surface area (Å²) in [6, 6.07) is 7.55. The van der Waals surface area contributed by atoms with Crippen LogP contribution in [-0.2, 0) is 11.3 Å². The van der Waals surface area contributed by atoms with Crippen LogP contribution in [0.4, 0.5) is 0 Å².